The molecular formula is C14H14O3. The Morgan fingerprint density at radius 2 is 1.41 bits per heavy atom. The Bertz CT molecular complexity index is 554. The highest BCUT2D eigenvalue weighted by Crippen LogP contribution is 2.37. The Morgan fingerprint density at radius 3 is 2.00 bits per heavy atom. The number of hydrogen-bond acceptors (Lipinski definition) is 3. The SMILES string of the molecule is Cc1ccc(O)c(-c2cc(O)cc(O)c2)c1C. The third kappa shape index (κ3) is 2.04. The van der Waals surface area contributed by atoms with E-state index in [2.05, 4.69) is 0 Å². The molecule has 3 heteroatoms. The molecule has 0 atom stereocenters. The first-order chi connectivity index (χ1) is 7.99. The van der Waals surface area contributed by atoms with Gasteiger partial charge in [-0.3, -0.25) is 0 Å². The first-order valence-corrected chi connectivity index (χ1v) is 5.31. The molecule has 3 N–H and O–H groups in total. The van der Waals surface area contributed by atoms with E-state index in [4.69, 9.17) is 0 Å². The van der Waals surface area contributed by atoms with Gasteiger partial charge < -0.3 is 15.3 Å². The molecule has 2 aromatic carbocycles. The molecule has 0 saturated carbocycles. The number of hydrogen-bond donors (Lipinski definition) is 3. The van der Waals surface area contributed by atoms with E-state index in [1.807, 2.05) is 19.9 Å². The quantitative estimate of drug-likeness (QED) is 0.705. The van der Waals surface area contributed by atoms with E-state index in [0.29, 0.717) is 11.1 Å². The number of aromatic hydroxyl groups is 3. The normalized spacial score (nSPS) is 10.5. The van der Waals surface area contributed by atoms with E-state index in [1.54, 1.807) is 6.07 Å². The molecule has 88 valence electrons. The second-order valence-corrected chi connectivity index (χ2v) is 4.14. The number of phenols is 3. The van der Waals surface area contributed by atoms with Crippen molar-refractivity contribution < 1.29 is 15.3 Å². The first-order valence-electron chi connectivity index (χ1n) is 5.31. The summed E-state index contributed by atoms with van der Waals surface area (Å²) in [6, 6.07) is 7.73. The Labute approximate surface area is 99.6 Å². The van der Waals surface area contributed by atoms with Gasteiger partial charge in [-0.2, -0.15) is 0 Å². The molecule has 0 radical (unpaired) electrons. The number of aryl methyl sites for hydroxylation is 1. The molecule has 0 aromatic heterocycles. The predicted molar refractivity (Wildman–Crippen MR) is 66.3 cm³/mol. The summed E-state index contributed by atoms with van der Waals surface area (Å²) in [5, 5.41) is 28.8. The predicted octanol–water partition coefficient (Wildman–Crippen LogP) is 3.09. The maximum Gasteiger partial charge on any atom is 0.123 e. The van der Waals surface area contributed by atoms with Crippen molar-refractivity contribution in [2.45, 2.75) is 13.8 Å². The van der Waals surface area contributed by atoms with Crippen molar-refractivity contribution in [1.82, 2.24) is 0 Å². The smallest absolute Gasteiger partial charge is 0.123 e. The van der Waals surface area contributed by atoms with E-state index >= 15 is 0 Å². The topological polar surface area (TPSA) is 60.7 Å². The average Bonchev–Trinajstić information content (AvgIpc) is 2.23. The molecule has 0 bridgehead atoms. The summed E-state index contributed by atoms with van der Waals surface area (Å²) in [4.78, 5) is 0. The summed E-state index contributed by atoms with van der Waals surface area (Å²) in [5.74, 6) is 0.0821. The lowest BCUT2D eigenvalue weighted by atomic mass is 9.96. The molecule has 0 spiro atoms. The standard InChI is InChI=1S/C14H14O3/c1-8-3-4-13(17)14(9(8)2)10-5-11(15)7-12(16)6-10/h3-7,15-17H,1-2H3. The van der Waals surface area contributed by atoms with Crippen molar-refractivity contribution in [3.8, 4) is 28.4 Å². The fourth-order valence-electron chi connectivity index (χ4n) is 1.91. The zero-order valence-electron chi connectivity index (χ0n) is 9.73. The van der Waals surface area contributed by atoms with E-state index in [1.165, 1.54) is 18.2 Å². The third-order valence-electron chi connectivity index (χ3n) is 2.91. The molecule has 17 heavy (non-hydrogen) atoms. The van der Waals surface area contributed by atoms with Gasteiger partial charge in [0, 0.05) is 11.6 Å². The lowest BCUT2D eigenvalue weighted by molar-refractivity contribution is 0.451. The summed E-state index contributed by atoms with van der Waals surface area (Å²) < 4.78 is 0. The van der Waals surface area contributed by atoms with Gasteiger partial charge >= 0.3 is 0 Å². The maximum absolute atomic E-state index is 9.89. The fraction of sp³-hybridized carbons (Fsp3) is 0.143. The van der Waals surface area contributed by atoms with E-state index in [9.17, 15) is 15.3 Å². The largest absolute Gasteiger partial charge is 0.508 e. The second kappa shape index (κ2) is 4.01. The van der Waals surface area contributed by atoms with Crippen LogP contribution in [0.25, 0.3) is 11.1 Å². The van der Waals surface area contributed by atoms with Gasteiger partial charge in [-0.15, -0.1) is 0 Å². The van der Waals surface area contributed by atoms with Crippen molar-refractivity contribution in [3.05, 3.63) is 41.5 Å². The van der Waals surface area contributed by atoms with Gasteiger partial charge in [0.25, 0.3) is 0 Å². The Hall–Kier alpha value is -2.16. The number of rotatable bonds is 1. The maximum atomic E-state index is 9.89. The lowest BCUT2D eigenvalue weighted by Crippen LogP contribution is -1.88. The fourth-order valence-corrected chi connectivity index (χ4v) is 1.91. The highest BCUT2D eigenvalue weighted by molar-refractivity contribution is 5.76. The van der Waals surface area contributed by atoms with Crippen LogP contribution in [0.2, 0.25) is 0 Å². The molecule has 3 nitrogen and oxygen atoms in total. The molecule has 0 fully saturated rings. The Kier molecular flexibility index (Phi) is 2.68. The van der Waals surface area contributed by atoms with Crippen LogP contribution in [0.1, 0.15) is 11.1 Å². The summed E-state index contributed by atoms with van der Waals surface area (Å²) >= 11 is 0. The minimum Gasteiger partial charge on any atom is -0.508 e. The van der Waals surface area contributed by atoms with Gasteiger partial charge in [0.1, 0.15) is 17.2 Å². The van der Waals surface area contributed by atoms with Gasteiger partial charge in [-0.25, -0.2) is 0 Å². The molecule has 0 saturated heterocycles. The molecule has 0 aliphatic rings. The zero-order valence-corrected chi connectivity index (χ0v) is 9.73. The Morgan fingerprint density at radius 1 is 0.824 bits per heavy atom. The lowest BCUT2D eigenvalue weighted by Gasteiger charge is -2.12. The second-order valence-electron chi connectivity index (χ2n) is 4.14. The van der Waals surface area contributed by atoms with Crippen LogP contribution in [-0.2, 0) is 0 Å². The number of phenolic OH excluding ortho intramolecular Hbond substituents is 3. The highest BCUT2D eigenvalue weighted by atomic mass is 16.3. The van der Waals surface area contributed by atoms with Gasteiger partial charge in [-0.1, -0.05) is 6.07 Å². The molecule has 2 aromatic rings. The van der Waals surface area contributed by atoms with Gasteiger partial charge in [0.05, 0.1) is 0 Å². The zero-order chi connectivity index (χ0) is 12.6. The summed E-state index contributed by atoms with van der Waals surface area (Å²) in [5.41, 5.74) is 3.20. The first kappa shape index (κ1) is 11.3. The third-order valence-corrected chi connectivity index (χ3v) is 2.91. The van der Waals surface area contributed by atoms with Crippen molar-refractivity contribution in [2.75, 3.05) is 0 Å². The highest BCUT2D eigenvalue weighted by Gasteiger charge is 2.11. The Balaban J connectivity index is 2.72. The van der Waals surface area contributed by atoms with E-state index in [-0.39, 0.29) is 17.2 Å². The van der Waals surface area contributed by atoms with Crippen LogP contribution in [0.15, 0.2) is 30.3 Å². The van der Waals surface area contributed by atoms with Crippen LogP contribution in [0, 0.1) is 13.8 Å². The van der Waals surface area contributed by atoms with Gasteiger partial charge in [0.2, 0.25) is 0 Å². The van der Waals surface area contributed by atoms with Crippen molar-refractivity contribution in [2.24, 2.45) is 0 Å². The van der Waals surface area contributed by atoms with E-state index < -0.39 is 0 Å². The number of benzene rings is 2. The molecular weight excluding hydrogens is 216 g/mol. The van der Waals surface area contributed by atoms with Crippen LogP contribution in [0.4, 0.5) is 0 Å². The van der Waals surface area contributed by atoms with Crippen molar-refractivity contribution in [1.29, 1.82) is 0 Å². The van der Waals surface area contributed by atoms with Crippen LogP contribution in [0.5, 0.6) is 17.2 Å². The monoisotopic (exact) mass is 230 g/mol. The molecule has 0 heterocycles. The molecule has 2 rings (SSSR count). The summed E-state index contributed by atoms with van der Waals surface area (Å²) in [6.07, 6.45) is 0. The minimum absolute atomic E-state index is 0.0275. The summed E-state index contributed by atoms with van der Waals surface area (Å²) in [7, 11) is 0. The molecule has 0 amide bonds. The van der Waals surface area contributed by atoms with Gasteiger partial charge in [-0.05, 0) is 48.7 Å². The van der Waals surface area contributed by atoms with Crippen LogP contribution < -0.4 is 0 Å². The van der Waals surface area contributed by atoms with Gasteiger partial charge in [0.15, 0.2) is 0 Å². The van der Waals surface area contributed by atoms with Crippen molar-refractivity contribution >= 4 is 0 Å². The molecule has 0 unspecified atom stereocenters. The van der Waals surface area contributed by atoms with Crippen LogP contribution in [-0.4, -0.2) is 15.3 Å². The molecule has 0 aliphatic heterocycles. The van der Waals surface area contributed by atoms with E-state index in [0.717, 1.165) is 11.1 Å². The minimum atomic E-state index is -0.0275. The van der Waals surface area contributed by atoms with Crippen LogP contribution in [0.3, 0.4) is 0 Å². The molecule has 0 aliphatic carbocycles. The summed E-state index contributed by atoms with van der Waals surface area (Å²) in [6.45, 7) is 3.84. The van der Waals surface area contributed by atoms with Crippen molar-refractivity contribution in [3.63, 3.8) is 0 Å². The average molecular weight is 230 g/mol. The van der Waals surface area contributed by atoms with Crippen LogP contribution >= 0.6 is 0 Å².